The summed E-state index contributed by atoms with van der Waals surface area (Å²) in [6.07, 6.45) is -1.59. The molecule has 1 aromatic rings. The van der Waals surface area contributed by atoms with Crippen molar-refractivity contribution in [2.75, 3.05) is 21.3 Å². The molecule has 0 aromatic heterocycles. The summed E-state index contributed by atoms with van der Waals surface area (Å²) in [5, 5.41) is 45.2. The van der Waals surface area contributed by atoms with E-state index >= 15 is 0 Å². The lowest BCUT2D eigenvalue weighted by Crippen LogP contribution is -2.63. The van der Waals surface area contributed by atoms with Crippen molar-refractivity contribution in [3.05, 3.63) is 22.2 Å². The second-order valence-electron chi connectivity index (χ2n) is 4.26. The molecule has 0 radical (unpaired) electrons. The molecule has 0 bridgehead atoms. The largest absolute Gasteiger partial charge is 0.496 e. The first kappa shape index (κ1) is 20.4. The van der Waals surface area contributed by atoms with Crippen molar-refractivity contribution in [3.63, 3.8) is 0 Å². The van der Waals surface area contributed by atoms with Gasteiger partial charge in [-0.15, -0.1) is 0 Å². The number of amides is 1. The molecule has 0 saturated heterocycles. The van der Waals surface area contributed by atoms with Crippen LogP contribution in [0.3, 0.4) is 0 Å². The summed E-state index contributed by atoms with van der Waals surface area (Å²) >= 11 is 3.15. The number of aliphatic hydroxyl groups is 4. The molecule has 1 amide bonds. The zero-order valence-corrected chi connectivity index (χ0v) is 14.4. The van der Waals surface area contributed by atoms with Crippen LogP contribution in [-0.4, -0.2) is 53.8 Å². The summed E-state index contributed by atoms with van der Waals surface area (Å²) < 4.78 is 10.3. The number of ether oxygens (including phenoxy) is 2. The second kappa shape index (κ2) is 7.94. The quantitative estimate of drug-likeness (QED) is 0.223. The van der Waals surface area contributed by atoms with Crippen molar-refractivity contribution in [2.45, 2.75) is 11.7 Å². The first-order chi connectivity index (χ1) is 11.1. The summed E-state index contributed by atoms with van der Waals surface area (Å²) in [6, 6.07) is 2.35. The van der Waals surface area contributed by atoms with E-state index in [9.17, 15) is 25.2 Å². The number of halogens is 1. The first-order valence-corrected chi connectivity index (χ1v) is 6.91. The lowest BCUT2D eigenvalue weighted by atomic mass is 10.0. The Labute approximate surface area is 144 Å². The zero-order valence-electron chi connectivity index (χ0n) is 12.8. The molecule has 0 heterocycles. The van der Waals surface area contributed by atoms with Gasteiger partial charge in [0, 0.05) is 0 Å². The minimum absolute atomic E-state index is 0.124. The highest BCUT2D eigenvalue weighted by Crippen LogP contribution is 2.40. The van der Waals surface area contributed by atoms with E-state index in [-0.39, 0.29) is 11.5 Å². The van der Waals surface area contributed by atoms with Gasteiger partial charge in [-0.25, -0.2) is 9.68 Å². The van der Waals surface area contributed by atoms with Gasteiger partial charge in [0.2, 0.25) is 0 Å². The highest BCUT2D eigenvalue weighted by atomic mass is 79.9. The maximum atomic E-state index is 11.3. The highest BCUT2D eigenvalue weighted by Gasteiger charge is 2.53. The van der Waals surface area contributed by atoms with Crippen LogP contribution in [0.15, 0.2) is 16.6 Å². The van der Waals surface area contributed by atoms with Crippen LogP contribution in [0.2, 0.25) is 0 Å². The van der Waals surface area contributed by atoms with Crippen molar-refractivity contribution in [3.8, 4) is 11.5 Å². The normalized spacial score (nSPS) is 11.8. The number of hydrogen-bond acceptors (Lipinski definition) is 10. The standard InChI is InChI=1S/C12H16BrNO10/c1-20-8-5-7(13)9(21-2)4-6(8)11(16,17)12(18,19)14-10(15)23-24-22-3/h4-5,16-19H,1-3H3,(H,14,15). The van der Waals surface area contributed by atoms with E-state index < -0.39 is 23.4 Å². The molecule has 12 heteroatoms. The fourth-order valence-electron chi connectivity index (χ4n) is 1.64. The van der Waals surface area contributed by atoms with Crippen LogP contribution >= 0.6 is 15.9 Å². The molecule has 1 aromatic carbocycles. The topological polar surface area (TPSA) is 156 Å². The average molecular weight is 414 g/mol. The van der Waals surface area contributed by atoms with Crippen LogP contribution in [0.4, 0.5) is 4.79 Å². The van der Waals surface area contributed by atoms with Gasteiger partial charge in [-0.2, -0.15) is 4.89 Å². The van der Waals surface area contributed by atoms with E-state index in [0.717, 1.165) is 13.2 Å². The van der Waals surface area contributed by atoms with Crippen molar-refractivity contribution in [1.29, 1.82) is 0 Å². The molecule has 24 heavy (non-hydrogen) atoms. The van der Waals surface area contributed by atoms with Crippen LogP contribution in [-0.2, 0) is 20.6 Å². The van der Waals surface area contributed by atoms with Gasteiger partial charge < -0.3 is 29.9 Å². The third kappa shape index (κ3) is 4.24. The van der Waals surface area contributed by atoms with Crippen molar-refractivity contribution >= 4 is 22.0 Å². The number of hydrogen-bond donors (Lipinski definition) is 5. The van der Waals surface area contributed by atoms with E-state index in [0.29, 0.717) is 4.47 Å². The maximum Gasteiger partial charge on any atom is 0.446 e. The van der Waals surface area contributed by atoms with Gasteiger partial charge in [-0.3, -0.25) is 5.32 Å². The number of carbonyl (C=O) groups is 1. The Morgan fingerprint density at radius 2 is 1.67 bits per heavy atom. The van der Waals surface area contributed by atoms with Gasteiger partial charge in [-0.05, 0) is 33.1 Å². The molecule has 0 aliphatic heterocycles. The molecule has 0 unspecified atom stereocenters. The van der Waals surface area contributed by atoms with Crippen LogP contribution in [0.5, 0.6) is 11.5 Å². The Balaban J connectivity index is 3.23. The minimum atomic E-state index is -3.60. The Bertz CT molecular complexity index is 591. The summed E-state index contributed by atoms with van der Waals surface area (Å²) in [7, 11) is 3.52. The molecular formula is C12H16BrNO10. The number of rotatable bonds is 7. The van der Waals surface area contributed by atoms with Gasteiger partial charge in [-0.1, -0.05) is 0 Å². The van der Waals surface area contributed by atoms with Gasteiger partial charge in [0.15, 0.2) is 0 Å². The average Bonchev–Trinajstić information content (AvgIpc) is 2.51. The molecule has 5 N–H and O–H groups in total. The van der Waals surface area contributed by atoms with Gasteiger partial charge in [0.05, 0.1) is 31.4 Å². The van der Waals surface area contributed by atoms with E-state index in [1.54, 1.807) is 0 Å². The van der Waals surface area contributed by atoms with Crippen molar-refractivity contribution in [2.24, 2.45) is 0 Å². The fourth-order valence-corrected chi connectivity index (χ4v) is 2.12. The molecular weight excluding hydrogens is 398 g/mol. The molecule has 0 aliphatic rings. The molecule has 0 saturated carbocycles. The Morgan fingerprint density at radius 3 is 2.17 bits per heavy atom. The third-order valence-corrected chi connectivity index (χ3v) is 3.41. The highest BCUT2D eigenvalue weighted by molar-refractivity contribution is 9.10. The van der Waals surface area contributed by atoms with Crippen LogP contribution in [0.1, 0.15) is 5.56 Å². The fraction of sp³-hybridized carbons (Fsp3) is 0.417. The number of nitrogens with one attached hydrogen (secondary N) is 1. The van der Waals surface area contributed by atoms with Crippen LogP contribution in [0.25, 0.3) is 0 Å². The van der Waals surface area contributed by atoms with Gasteiger partial charge in [0.25, 0.3) is 5.79 Å². The van der Waals surface area contributed by atoms with Crippen molar-refractivity contribution in [1.82, 2.24) is 5.32 Å². The monoisotopic (exact) mass is 413 g/mol. The predicted octanol–water partition coefficient (Wildman–Crippen LogP) is -0.539. The Hall–Kier alpha value is -1.67. The third-order valence-electron chi connectivity index (χ3n) is 2.79. The van der Waals surface area contributed by atoms with E-state index in [4.69, 9.17) is 9.47 Å². The zero-order chi connectivity index (χ0) is 18.5. The molecule has 136 valence electrons. The molecule has 1 rings (SSSR count). The first-order valence-electron chi connectivity index (χ1n) is 6.11. The van der Waals surface area contributed by atoms with Gasteiger partial charge in [0.1, 0.15) is 11.5 Å². The lowest BCUT2D eigenvalue weighted by molar-refractivity contribution is -0.472. The molecule has 0 aliphatic carbocycles. The Kier molecular flexibility index (Phi) is 6.74. The predicted molar refractivity (Wildman–Crippen MR) is 78.2 cm³/mol. The molecule has 0 atom stereocenters. The van der Waals surface area contributed by atoms with Crippen LogP contribution < -0.4 is 14.8 Å². The number of carbonyl (C=O) groups excluding carboxylic acids is 1. The van der Waals surface area contributed by atoms with E-state index in [1.807, 2.05) is 0 Å². The van der Waals surface area contributed by atoms with Crippen molar-refractivity contribution < 1.29 is 49.5 Å². The summed E-state index contributed by atoms with van der Waals surface area (Å²) in [5.41, 5.74) is -0.525. The number of benzene rings is 1. The van der Waals surface area contributed by atoms with E-state index in [2.05, 4.69) is 30.7 Å². The SMILES string of the molecule is COOOC(=O)NC(O)(O)C(O)(O)c1cc(OC)c(Br)cc1OC. The minimum Gasteiger partial charge on any atom is -0.496 e. The second-order valence-corrected chi connectivity index (χ2v) is 5.12. The van der Waals surface area contributed by atoms with E-state index in [1.165, 1.54) is 25.6 Å². The number of methoxy groups -OCH3 is 2. The smallest absolute Gasteiger partial charge is 0.446 e. The molecule has 0 fully saturated rings. The van der Waals surface area contributed by atoms with Gasteiger partial charge >= 0.3 is 12.0 Å². The molecule has 0 spiro atoms. The Morgan fingerprint density at radius 1 is 1.08 bits per heavy atom. The lowest BCUT2D eigenvalue weighted by Gasteiger charge is -2.35. The molecule has 11 nitrogen and oxygen atoms in total. The summed E-state index contributed by atoms with van der Waals surface area (Å²) in [5.74, 6) is -7.06. The summed E-state index contributed by atoms with van der Waals surface area (Å²) in [6.45, 7) is 0. The maximum absolute atomic E-state index is 11.3. The van der Waals surface area contributed by atoms with Crippen LogP contribution in [0, 0.1) is 0 Å². The summed E-state index contributed by atoms with van der Waals surface area (Å²) in [4.78, 5) is 19.1.